The van der Waals surface area contributed by atoms with E-state index in [2.05, 4.69) is 0 Å². The first-order chi connectivity index (χ1) is 7.02. The van der Waals surface area contributed by atoms with Gasteiger partial charge in [-0.25, -0.2) is 9.48 Å². The number of rotatable bonds is 1. The molecule has 0 aromatic rings. The van der Waals surface area contributed by atoms with Crippen molar-refractivity contribution < 1.29 is 14.1 Å². The van der Waals surface area contributed by atoms with Crippen LogP contribution in [-0.2, 0) is 9.53 Å². The highest BCUT2D eigenvalue weighted by atomic mass is 16.5. The molecule has 0 aliphatic heterocycles. The molecule has 0 spiro atoms. The summed E-state index contributed by atoms with van der Waals surface area (Å²) < 4.78 is 7.44. The van der Waals surface area contributed by atoms with E-state index >= 15 is 0 Å². The molecular weight excluding hydrogens is 192 g/mol. The summed E-state index contributed by atoms with van der Waals surface area (Å²) in [6.07, 6.45) is 6.29. The van der Waals surface area contributed by atoms with Crippen molar-refractivity contribution in [1.82, 2.24) is 4.90 Å². The van der Waals surface area contributed by atoms with E-state index in [9.17, 15) is 4.79 Å². The Morgan fingerprint density at radius 1 is 1.40 bits per heavy atom. The van der Waals surface area contributed by atoms with Crippen LogP contribution in [-0.4, -0.2) is 55.6 Å². The molecule has 0 aromatic carbocycles. The number of ether oxygens (including phenoxy) is 1. The van der Waals surface area contributed by atoms with E-state index in [-0.39, 0.29) is 5.78 Å². The predicted molar refractivity (Wildman–Crippen MR) is 59.0 cm³/mol. The number of carbonyl (C=O) groups excluding carboxylic acids is 1. The van der Waals surface area contributed by atoms with Crippen LogP contribution in [0.15, 0.2) is 24.3 Å². The summed E-state index contributed by atoms with van der Waals surface area (Å²) in [6, 6.07) is 0.660. The molecule has 1 aliphatic rings. The van der Waals surface area contributed by atoms with E-state index in [0.717, 1.165) is 0 Å². The molecule has 0 N–H and O–H groups in total. The number of amidine groups is 1. The van der Waals surface area contributed by atoms with Gasteiger partial charge in [-0.1, -0.05) is 12.2 Å². The lowest BCUT2D eigenvalue weighted by Crippen LogP contribution is -2.37. The quantitative estimate of drug-likeness (QED) is 0.353. The minimum absolute atomic E-state index is 0.0290. The van der Waals surface area contributed by atoms with Crippen LogP contribution in [0.2, 0.25) is 0 Å². The first-order valence-corrected chi connectivity index (χ1v) is 4.79. The molecule has 0 saturated carbocycles. The molecule has 1 rings (SSSR count). The van der Waals surface area contributed by atoms with Crippen LogP contribution < -0.4 is 0 Å². The van der Waals surface area contributed by atoms with Crippen molar-refractivity contribution in [2.75, 3.05) is 28.2 Å². The third-order valence-corrected chi connectivity index (χ3v) is 1.94. The zero-order chi connectivity index (χ0) is 11.4. The molecule has 4 heteroatoms. The van der Waals surface area contributed by atoms with Crippen LogP contribution in [0.5, 0.6) is 0 Å². The van der Waals surface area contributed by atoms with E-state index in [1.54, 1.807) is 12.2 Å². The van der Waals surface area contributed by atoms with Gasteiger partial charge in [0.25, 0.3) is 0 Å². The minimum Gasteiger partial charge on any atom is -0.416 e. The summed E-state index contributed by atoms with van der Waals surface area (Å²) in [5.74, 6) is -0.0290. The summed E-state index contributed by atoms with van der Waals surface area (Å²) in [5, 5.41) is 0. The molecule has 0 radical (unpaired) electrons. The largest absolute Gasteiger partial charge is 0.446 e. The molecule has 1 atom stereocenters. The highest BCUT2D eigenvalue weighted by molar-refractivity contribution is 5.97. The van der Waals surface area contributed by atoms with Gasteiger partial charge in [-0.05, 0) is 12.2 Å². The van der Waals surface area contributed by atoms with Crippen molar-refractivity contribution in [3.63, 3.8) is 0 Å². The molecule has 0 heterocycles. The van der Waals surface area contributed by atoms with Crippen LogP contribution in [0.1, 0.15) is 0 Å². The van der Waals surface area contributed by atoms with Crippen molar-refractivity contribution in [2.45, 2.75) is 6.10 Å². The molecule has 0 amide bonds. The standard InChI is InChI=1S/C11H17N2O2/c1-12(2)11(13(3)4)15-10-8-6-5-7-9(10)14/h5-8,10H,1-4H3/q+1. The zero-order valence-corrected chi connectivity index (χ0v) is 9.60. The fraction of sp³-hybridized carbons (Fsp3) is 0.455. The third kappa shape index (κ3) is 2.94. The Morgan fingerprint density at radius 3 is 2.53 bits per heavy atom. The number of hydrogen-bond acceptors (Lipinski definition) is 2. The lowest BCUT2D eigenvalue weighted by molar-refractivity contribution is -0.481. The van der Waals surface area contributed by atoms with Crippen LogP contribution in [0.4, 0.5) is 0 Å². The second-order valence-corrected chi connectivity index (χ2v) is 3.76. The average molecular weight is 209 g/mol. The molecule has 0 fully saturated rings. The molecule has 1 aliphatic carbocycles. The Kier molecular flexibility index (Phi) is 3.66. The molecule has 0 saturated heterocycles. The molecular formula is C11H17N2O2+. The van der Waals surface area contributed by atoms with E-state index in [1.807, 2.05) is 43.7 Å². The SMILES string of the molecule is CN(C)C(OC1C=CC=CC1=O)=[N+](C)C. The molecule has 0 aromatic heterocycles. The van der Waals surface area contributed by atoms with Gasteiger partial charge in [-0.3, -0.25) is 4.79 Å². The molecule has 4 nitrogen and oxygen atoms in total. The highest BCUT2D eigenvalue weighted by Crippen LogP contribution is 2.05. The first kappa shape index (κ1) is 11.5. The van der Waals surface area contributed by atoms with Gasteiger partial charge in [0.15, 0.2) is 11.9 Å². The lowest BCUT2D eigenvalue weighted by atomic mass is 10.1. The number of ketones is 1. The van der Waals surface area contributed by atoms with Gasteiger partial charge < -0.3 is 4.74 Å². The number of hydrogen-bond donors (Lipinski definition) is 0. The number of allylic oxidation sites excluding steroid dienone is 2. The molecule has 0 bridgehead atoms. The van der Waals surface area contributed by atoms with E-state index in [1.165, 1.54) is 6.08 Å². The Bertz CT molecular complexity index is 336. The number of nitrogens with zero attached hydrogens (tertiary/aromatic N) is 2. The van der Waals surface area contributed by atoms with Gasteiger partial charge in [0.2, 0.25) is 0 Å². The van der Waals surface area contributed by atoms with Crippen molar-refractivity contribution in [3.8, 4) is 0 Å². The Morgan fingerprint density at radius 2 is 2.07 bits per heavy atom. The van der Waals surface area contributed by atoms with Gasteiger partial charge in [-0.15, -0.1) is 0 Å². The van der Waals surface area contributed by atoms with Crippen molar-refractivity contribution in [1.29, 1.82) is 0 Å². The smallest absolute Gasteiger partial charge is 0.416 e. The lowest BCUT2D eigenvalue weighted by Gasteiger charge is -2.17. The summed E-state index contributed by atoms with van der Waals surface area (Å²) in [7, 11) is 7.51. The van der Waals surface area contributed by atoms with Crippen LogP contribution in [0.3, 0.4) is 0 Å². The van der Waals surface area contributed by atoms with Crippen molar-refractivity contribution in [3.05, 3.63) is 24.3 Å². The van der Waals surface area contributed by atoms with Gasteiger partial charge in [0.05, 0.1) is 28.2 Å². The first-order valence-electron chi connectivity index (χ1n) is 4.79. The van der Waals surface area contributed by atoms with E-state index in [0.29, 0.717) is 6.02 Å². The van der Waals surface area contributed by atoms with Crippen LogP contribution >= 0.6 is 0 Å². The predicted octanol–water partition coefficient (Wildman–Crippen LogP) is 0.256. The van der Waals surface area contributed by atoms with Crippen LogP contribution in [0, 0.1) is 0 Å². The Labute approximate surface area is 90.1 Å². The zero-order valence-electron chi connectivity index (χ0n) is 9.60. The summed E-state index contributed by atoms with van der Waals surface area (Å²) in [5.41, 5.74) is 0. The maximum Gasteiger partial charge on any atom is 0.446 e. The number of carbonyl (C=O) groups is 1. The second kappa shape index (κ2) is 4.77. The minimum atomic E-state index is -0.505. The summed E-state index contributed by atoms with van der Waals surface area (Å²) in [4.78, 5) is 13.3. The molecule has 1 unspecified atom stereocenters. The Balaban J connectivity index is 2.76. The maximum absolute atomic E-state index is 11.5. The highest BCUT2D eigenvalue weighted by Gasteiger charge is 2.23. The third-order valence-electron chi connectivity index (χ3n) is 1.94. The summed E-state index contributed by atoms with van der Waals surface area (Å²) >= 11 is 0. The summed E-state index contributed by atoms with van der Waals surface area (Å²) in [6.45, 7) is 0. The fourth-order valence-electron chi connectivity index (χ4n) is 1.33. The Hall–Kier alpha value is -1.58. The maximum atomic E-state index is 11.5. The van der Waals surface area contributed by atoms with Gasteiger partial charge >= 0.3 is 6.02 Å². The topological polar surface area (TPSA) is 32.5 Å². The average Bonchev–Trinajstić information content (AvgIpc) is 2.15. The second-order valence-electron chi connectivity index (χ2n) is 3.76. The van der Waals surface area contributed by atoms with E-state index in [4.69, 9.17) is 4.74 Å². The van der Waals surface area contributed by atoms with Gasteiger partial charge in [-0.2, -0.15) is 0 Å². The van der Waals surface area contributed by atoms with Crippen molar-refractivity contribution >= 4 is 11.8 Å². The van der Waals surface area contributed by atoms with Crippen molar-refractivity contribution in [2.24, 2.45) is 0 Å². The van der Waals surface area contributed by atoms with E-state index < -0.39 is 6.10 Å². The normalized spacial score (nSPS) is 18.9. The van der Waals surface area contributed by atoms with Gasteiger partial charge in [0.1, 0.15) is 0 Å². The molecule has 15 heavy (non-hydrogen) atoms. The van der Waals surface area contributed by atoms with Crippen LogP contribution in [0.25, 0.3) is 0 Å². The monoisotopic (exact) mass is 209 g/mol. The van der Waals surface area contributed by atoms with Gasteiger partial charge in [0, 0.05) is 0 Å². The molecule has 82 valence electrons. The fourth-order valence-corrected chi connectivity index (χ4v) is 1.33.